The highest BCUT2D eigenvalue weighted by Gasteiger charge is 2.20. The molecule has 22 heavy (non-hydrogen) atoms. The van der Waals surface area contributed by atoms with Gasteiger partial charge in [-0.2, -0.15) is 0 Å². The molecule has 0 spiro atoms. The lowest BCUT2D eigenvalue weighted by molar-refractivity contribution is 0.0550. The fourth-order valence-corrected chi connectivity index (χ4v) is 2.14. The van der Waals surface area contributed by atoms with Crippen LogP contribution in [0.3, 0.4) is 0 Å². The Hall–Kier alpha value is -2.34. The van der Waals surface area contributed by atoms with Crippen LogP contribution in [-0.4, -0.2) is 39.8 Å². The number of carbonyl (C=O) groups excluding carboxylic acids is 1. The molecule has 1 heterocycles. The highest BCUT2D eigenvalue weighted by molar-refractivity contribution is 5.89. The van der Waals surface area contributed by atoms with Crippen LogP contribution in [0.5, 0.6) is 0 Å². The Balaban J connectivity index is 2.15. The molecule has 0 unspecified atom stereocenters. The number of rotatable bonds is 4. The first-order chi connectivity index (χ1) is 10.3. The van der Waals surface area contributed by atoms with Gasteiger partial charge in [-0.1, -0.05) is 0 Å². The Morgan fingerprint density at radius 2 is 2.00 bits per heavy atom. The number of amides is 2. The van der Waals surface area contributed by atoms with Crippen LogP contribution in [0.1, 0.15) is 13.8 Å². The Morgan fingerprint density at radius 3 is 2.59 bits per heavy atom. The van der Waals surface area contributed by atoms with E-state index in [1.54, 1.807) is 33.0 Å². The van der Waals surface area contributed by atoms with Gasteiger partial charge in [0.2, 0.25) is 0 Å². The van der Waals surface area contributed by atoms with Crippen molar-refractivity contribution in [1.29, 1.82) is 0 Å². The lowest BCUT2D eigenvalue weighted by Gasteiger charge is -2.25. The maximum atomic E-state index is 13.9. The first kappa shape index (κ1) is 16.0. The monoisotopic (exact) mass is 305 g/mol. The van der Waals surface area contributed by atoms with E-state index >= 15 is 0 Å². The van der Waals surface area contributed by atoms with Gasteiger partial charge in [0.1, 0.15) is 5.82 Å². The number of halogens is 1. The van der Waals surface area contributed by atoms with Crippen molar-refractivity contribution in [3.8, 4) is 5.69 Å². The molecule has 6 heteroatoms. The highest BCUT2D eigenvalue weighted by Crippen LogP contribution is 2.19. The summed E-state index contributed by atoms with van der Waals surface area (Å²) in [4.78, 5) is 13.4. The van der Waals surface area contributed by atoms with Crippen LogP contribution in [0.15, 0.2) is 42.7 Å². The fraction of sp³-hybridized carbons (Fsp3) is 0.312. The maximum absolute atomic E-state index is 13.9. The summed E-state index contributed by atoms with van der Waals surface area (Å²) in [6.07, 6.45) is 3.67. The number of urea groups is 1. The number of likely N-dealkylation sites (N-methyl/N-ethyl adjacent to an activating group) is 1. The summed E-state index contributed by atoms with van der Waals surface area (Å²) in [5.41, 5.74) is -0.178. The van der Waals surface area contributed by atoms with E-state index in [0.29, 0.717) is 0 Å². The number of benzene rings is 1. The Bertz CT molecular complexity index is 648. The average Bonchev–Trinajstić information content (AvgIpc) is 2.93. The van der Waals surface area contributed by atoms with E-state index in [1.165, 1.54) is 11.0 Å². The molecule has 5 nitrogen and oxygen atoms in total. The lowest BCUT2D eigenvalue weighted by atomic mass is 10.1. The van der Waals surface area contributed by atoms with Crippen LogP contribution in [0.25, 0.3) is 5.69 Å². The number of hydrogen-bond donors (Lipinski definition) is 2. The first-order valence-corrected chi connectivity index (χ1v) is 6.94. The van der Waals surface area contributed by atoms with Crippen LogP contribution >= 0.6 is 0 Å². The van der Waals surface area contributed by atoms with Crippen LogP contribution in [0.2, 0.25) is 0 Å². The minimum Gasteiger partial charge on any atom is -0.389 e. The van der Waals surface area contributed by atoms with Gasteiger partial charge in [0.05, 0.1) is 17.8 Å². The highest BCUT2D eigenvalue weighted by atomic mass is 19.1. The van der Waals surface area contributed by atoms with Gasteiger partial charge in [-0.05, 0) is 44.2 Å². The molecule has 0 saturated heterocycles. The summed E-state index contributed by atoms with van der Waals surface area (Å²) in [5, 5.41) is 12.3. The van der Waals surface area contributed by atoms with Gasteiger partial charge in [0, 0.05) is 25.1 Å². The van der Waals surface area contributed by atoms with Crippen molar-refractivity contribution >= 4 is 11.7 Å². The van der Waals surface area contributed by atoms with Gasteiger partial charge < -0.3 is 19.9 Å². The van der Waals surface area contributed by atoms with Crippen LogP contribution in [-0.2, 0) is 0 Å². The molecule has 118 valence electrons. The first-order valence-electron chi connectivity index (χ1n) is 6.94. The van der Waals surface area contributed by atoms with Crippen molar-refractivity contribution < 1.29 is 14.3 Å². The second-order valence-corrected chi connectivity index (χ2v) is 5.85. The summed E-state index contributed by atoms with van der Waals surface area (Å²) in [6, 6.07) is 7.74. The zero-order valence-electron chi connectivity index (χ0n) is 12.9. The molecule has 0 aliphatic carbocycles. The fourth-order valence-electron chi connectivity index (χ4n) is 2.14. The molecule has 2 amide bonds. The molecule has 2 aromatic rings. The molecule has 0 saturated carbocycles. The summed E-state index contributed by atoms with van der Waals surface area (Å²) in [7, 11) is 1.54. The Labute approximate surface area is 129 Å². The molecular weight excluding hydrogens is 285 g/mol. The zero-order chi connectivity index (χ0) is 16.3. The Kier molecular flexibility index (Phi) is 4.51. The molecule has 0 radical (unpaired) electrons. The van der Waals surface area contributed by atoms with Crippen molar-refractivity contribution in [2.45, 2.75) is 19.4 Å². The average molecular weight is 305 g/mol. The van der Waals surface area contributed by atoms with E-state index in [4.69, 9.17) is 0 Å². The quantitative estimate of drug-likeness (QED) is 0.912. The summed E-state index contributed by atoms with van der Waals surface area (Å²) >= 11 is 0. The number of carbonyl (C=O) groups is 1. The molecule has 1 aromatic carbocycles. The van der Waals surface area contributed by atoms with Crippen LogP contribution < -0.4 is 5.32 Å². The molecule has 2 rings (SSSR count). The molecule has 0 bridgehead atoms. The number of anilines is 1. The van der Waals surface area contributed by atoms with E-state index in [-0.39, 0.29) is 12.2 Å². The maximum Gasteiger partial charge on any atom is 0.321 e. The topological polar surface area (TPSA) is 57.5 Å². The molecule has 0 aliphatic rings. The van der Waals surface area contributed by atoms with E-state index in [9.17, 15) is 14.3 Å². The van der Waals surface area contributed by atoms with Gasteiger partial charge in [-0.15, -0.1) is 0 Å². The van der Waals surface area contributed by atoms with E-state index in [0.717, 1.165) is 5.69 Å². The van der Waals surface area contributed by atoms with Gasteiger partial charge in [-0.25, -0.2) is 9.18 Å². The SMILES string of the molecule is CN(CC(C)(C)O)C(=O)Nc1cc(-n2cccc2)ccc1F. The number of nitrogens with zero attached hydrogens (tertiary/aromatic N) is 2. The van der Waals surface area contributed by atoms with Gasteiger partial charge in [0.15, 0.2) is 0 Å². The second kappa shape index (κ2) is 6.19. The third kappa shape index (κ3) is 4.08. The molecule has 2 N–H and O–H groups in total. The lowest BCUT2D eigenvalue weighted by Crippen LogP contribution is -2.41. The minimum absolute atomic E-state index is 0.0961. The number of aromatic nitrogens is 1. The molecule has 1 aromatic heterocycles. The normalized spacial score (nSPS) is 11.3. The van der Waals surface area contributed by atoms with Gasteiger partial charge in [0.25, 0.3) is 0 Å². The molecule has 0 fully saturated rings. The number of nitrogens with one attached hydrogen (secondary N) is 1. The van der Waals surface area contributed by atoms with Crippen molar-refractivity contribution in [1.82, 2.24) is 9.47 Å². The Morgan fingerprint density at radius 1 is 1.36 bits per heavy atom. The molecular formula is C16H20FN3O2. The smallest absolute Gasteiger partial charge is 0.321 e. The van der Waals surface area contributed by atoms with Gasteiger partial charge >= 0.3 is 6.03 Å². The summed E-state index contributed by atoms with van der Waals surface area (Å²) in [6.45, 7) is 3.34. The van der Waals surface area contributed by atoms with E-state index < -0.39 is 17.4 Å². The van der Waals surface area contributed by atoms with Crippen molar-refractivity contribution in [2.75, 3.05) is 18.9 Å². The second-order valence-electron chi connectivity index (χ2n) is 5.85. The van der Waals surface area contributed by atoms with Gasteiger partial charge in [-0.3, -0.25) is 0 Å². The predicted molar refractivity (Wildman–Crippen MR) is 83.7 cm³/mol. The standard InChI is InChI=1S/C16H20FN3O2/c1-16(2,22)11-19(3)15(21)18-14-10-12(6-7-13(14)17)20-8-4-5-9-20/h4-10,22H,11H2,1-3H3,(H,18,21). The van der Waals surface area contributed by atoms with E-state index in [1.807, 2.05) is 29.1 Å². The van der Waals surface area contributed by atoms with Crippen molar-refractivity contribution in [2.24, 2.45) is 0 Å². The number of aliphatic hydroxyl groups is 1. The largest absolute Gasteiger partial charge is 0.389 e. The summed E-state index contributed by atoms with van der Waals surface area (Å²) < 4.78 is 15.7. The third-order valence-corrected chi connectivity index (χ3v) is 3.06. The van der Waals surface area contributed by atoms with Crippen LogP contribution in [0, 0.1) is 5.82 Å². The van der Waals surface area contributed by atoms with E-state index in [2.05, 4.69) is 5.32 Å². The minimum atomic E-state index is -1.02. The summed E-state index contributed by atoms with van der Waals surface area (Å²) in [5.74, 6) is -0.513. The zero-order valence-corrected chi connectivity index (χ0v) is 12.9. The van der Waals surface area contributed by atoms with Crippen molar-refractivity contribution in [3.05, 3.63) is 48.5 Å². The van der Waals surface area contributed by atoms with Crippen molar-refractivity contribution in [3.63, 3.8) is 0 Å². The molecule has 0 aliphatic heterocycles. The molecule has 0 atom stereocenters. The van der Waals surface area contributed by atoms with Crippen LogP contribution in [0.4, 0.5) is 14.9 Å². The number of hydrogen-bond acceptors (Lipinski definition) is 2. The predicted octanol–water partition coefficient (Wildman–Crippen LogP) is 2.85. The third-order valence-electron chi connectivity index (χ3n) is 3.06.